The van der Waals surface area contributed by atoms with Gasteiger partial charge < -0.3 is 14.4 Å². The van der Waals surface area contributed by atoms with Crippen LogP contribution >= 0.6 is 0 Å². The van der Waals surface area contributed by atoms with Gasteiger partial charge in [-0.2, -0.15) is 0 Å². The number of rotatable bonds is 4. The molecule has 2 saturated heterocycles. The fourth-order valence-electron chi connectivity index (χ4n) is 5.27. The van der Waals surface area contributed by atoms with Gasteiger partial charge in [0.25, 0.3) is 0 Å². The lowest BCUT2D eigenvalue weighted by atomic mass is 9.72. The van der Waals surface area contributed by atoms with Crippen LogP contribution < -0.4 is 0 Å². The van der Waals surface area contributed by atoms with E-state index in [1.165, 1.54) is 17.7 Å². The Morgan fingerprint density at radius 2 is 1.88 bits per heavy atom. The van der Waals surface area contributed by atoms with E-state index in [9.17, 15) is 9.18 Å². The molecule has 0 saturated carbocycles. The Labute approximate surface area is 193 Å². The molecule has 0 aliphatic carbocycles. The number of pyridine rings is 1. The molecule has 5 nitrogen and oxygen atoms in total. The van der Waals surface area contributed by atoms with Crippen LogP contribution in [0.4, 0.5) is 4.39 Å². The zero-order valence-electron chi connectivity index (χ0n) is 18.7. The Morgan fingerprint density at radius 1 is 1.06 bits per heavy atom. The molecule has 6 heteroatoms. The average Bonchev–Trinajstić information content (AvgIpc) is 3.10. The number of nitrogens with zero attached hydrogens (tertiary/aromatic N) is 2. The molecular formula is C27H29FN2O3. The van der Waals surface area contributed by atoms with E-state index < -0.39 is 5.41 Å². The molecule has 2 aromatic carbocycles. The maximum Gasteiger partial charge on any atom is 0.233 e. The second-order valence-corrected chi connectivity index (χ2v) is 9.09. The maximum absolute atomic E-state index is 14.1. The van der Waals surface area contributed by atoms with Crippen molar-refractivity contribution in [2.24, 2.45) is 5.92 Å². The number of amides is 1. The number of fused-ring (bicyclic) bond motifs is 1. The van der Waals surface area contributed by atoms with Gasteiger partial charge in [0, 0.05) is 43.8 Å². The third-order valence-corrected chi connectivity index (χ3v) is 6.98. The first-order valence-corrected chi connectivity index (χ1v) is 11.7. The van der Waals surface area contributed by atoms with Crippen LogP contribution in [0.5, 0.6) is 0 Å². The quantitative estimate of drug-likeness (QED) is 0.602. The number of carbonyl (C=O) groups excluding carboxylic acids is 1. The van der Waals surface area contributed by atoms with Gasteiger partial charge in [-0.05, 0) is 48.6 Å². The lowest BCUT2D eigenvalue weighted by Crippen LogP contribution is -2.51. The number of ether oxygens (including phenoxy) is 2. The first-order valence-electron chi connectivity index (χ1n) is 11.7. The molecule has 0 radical (unpaired) electrons. The molecule has 1 aromatic heterocycles. The molecule has 0 N–H and O–H groups in total. The van der Waals surface area contributed by atoms with Gasteiger partial charge in [0.2, 0.25) is 5.91 Å². The third-order valence-electron chi connectivity index (χ3n) is 6.98. The third kappa shape index (κ3) is 4.50. The summed E-state index contributed by atoms with van der Waals surface area (Å²) in [5.74, 6) is -0.0944. The minimum Gasteiger partial charge on any atom is -0.381 e. The fourth-order valence-corrected chi connectivity index (χ4v) is 5.27. The van der Waals surface area contributed by atoms with Crippen LogP contribution in [0.15, 0.2) is 60.8 Å². The Balaban J connectivity index is 1.41. The normalized spacial score (nSPS) is 21.0. The van der Waals surface area contributed by atoms with E-state index in [4.69, 9.17) is 9.47 Å². The standard InChI is InChI=1S/C27H29FN2O3/c28-24-8-2-7-23(17-24)27(9-13-32-14-10-27)26(31)30-12-15-33-19-20(18-30)16-22-5-1-4-21-6-3-11-29-25(21)22/h1-8,11,17,20H,9-10,12-16,18-19H2. The van der Waals surface area contributed by atoms with Crippen molar-refractivity contribution in [1.82, 2.24) is 9.88 Å². The van der Waals surface area contributed by atoms with Crippen molar-refractivity contribution in [3.63, 3.8) is 0 Å². The van der Waals surface area contributed by atoms with Gasteiger partial charge in [0.05, 0.1) is 24.1 Å². The second-order valence-electron chi connectivity index (χ2n) is 9.09. The van der Waals surface area contributed by atoms with E-state index in [1.54, 1.807) is 6.07 Å². The Bertz CT molecular complexity index is 1120. The molecule has 2 aliphatic rings. The van der Waals surface area contributed by atoms with Crippen LogP contribution in [-0.4, -0.2) is 55.3 Å². The number of carbonyl (C=O) groups is 1. The number of hydrogen-bond donors (Lipinski definition) is 0. The summed E-state index contributed by atoms with van der Waals surface area (Å²) in [6.45, 7) is 3.26. The fraction of sp³-hybridized carbons (Fsp3) is 0.407. The molecule has 3 heterocycles. The highest BCUT2D eigenvalue weighted by Crippen LogP contribution is 2.37. The van der Waals surface area contributed by atoms with Crippen molar-refractivity contribution < 1.29 is 18.7 Å². The summed E-state index contributed by atoms with van der Waals surface area (Å²) in [5.41, 5.74) is 2.16. The van der Waals surface area contributed by atoms with Crippen LogP contribution in [0.25, 0.3) is 10.9 Å². The highest BCUT2D eigenvalue weighted by atomic mass is 19.1. The maximum atomic E-state index is 14.1. The minimum atomic E-state index is -0.754. The molecule has 2 aliphatic heterocycles. The van der Waals surface area contributed by atoms with Gasteiger partial charge >= 0.3 is 0 Å². The van der Waals surface area contributed by atoms with Gasteiger partial charge in [0.15, 0.2) is 0 Å². The van der Waals surface area contributed by atoms with E-state index >= 15 is 0 Å². The van der Waals surface area contributed by atoms with Crippen molar-refractivity contribution in [2.45, 2.75) is 24.7 Å². The summed E-state index contributed by atoms with van der Waals surface area (Å²) in [7, 11) is 0. The van der Waals surface area contributed by atoms with E-state index in [-0.39, 0.29) is 17.6 Å². The molecular weight excluding hydrogens is 419 g/mol. The van der Waals surface area contributed by atoms with Crippen LogP contribution in [0.1, 0.15) is 24.0 Å². The summed E-state index contributed by atoms with van der Waals surface area (Å²) < 4.78 is 25.6. The van der Waals surface area contributed by atoms with E-state index in [1.807, 2.05) is 23.2 Å². The monoisotopic (exact) mass is 448 g/mol. The van der Waals surface area contributed by atoms with Crippen LogP contribution in [-0.2, 0) is 26.1 Å². The van der Waals surface area contributed by atoms with Crippen LogP contribution in [0.3, 0.4) is 0 Å². The number of benzene rings is 2. The molecule has 5 rings (SSSR count). The summed E-state index contributed by atoms with van der Waals surface area (Å²) in [5, 5.41) is 1.12. The first-order chi connectivity index (χ1) is 16.2. The van der Waals surface area contributed by atoms with Crippen molar-refractivity contribution >= 4 is 16.8 Å². The molecule has 3 aromatic rings. The molecule has 33 heavy (non-hydrogen) atoms. The lowest BCUT2D eigenvalue weighted by molar-refractivity contribution is -0.141. The highest BCUT2D eigenvalue weighted by molar-refractivity contribution is 5.88. The molecule has 1 amide bonds. The Morgan fingerprint density at radius 3 is 2.73 bits per heavy atom. The molecule has 2 fully saturated rings. The van der Waals surface area contributed by atoms with Crippen molar-refractivity contribution in [1.29, 1.82) is 0 Å². The summed E-state index contributed by atoms with van der Waals surface area (Å²) in [4.78, 5) is 20.6. The molecule has 1 atom stereocenters. The van der Waals surface area contributed by atoms with Gasteiger partial charge in [0.1, 0.15) is 5.82 Å². The van der Waals surface area contributed by atoms with E-state index in [2.05, 4.69) is 29.2 Å². The molecule has 172 valence electrons. The number of aromatic nitrogens is 1. The summed E-state index contributed by atoms with van der Waals surface area (Å²) >= 11 is 0. The van der Waals surface area contributed by atoms with Gasteiger partial charge in [-0.25, -0.2) is 4.39 Å². The first kappa shape index (κ1) is 22.0. The number of para-hydroxylation sites is 1. The van der Waals surface area contributed by atoms with Gasteiger partial charge in [-0.1, -0.05) is 36.4 Å². The van der Waals surface area contributed by atoms with Gasteiger partial charge in [-0.15, -0.1) is 0 Å². The predicted octanol–water partition coefficient (Wildman–Crippen LogP) is 4.14. The molecule has 0 spiro atoms. The molecule has 0 bridgehead atoms. The van der Waals surface area contributed by atoms with Gasteiger partial charge in [-0.3, -0.25) is 9.78 Å². The molecule has 1 unspecified atom stereocenters. The topological polar surface area (TPSA) is 51.7 Å². The van der Waals surface area contributed by atoms with Crippen molar-refractivity contribution in [2.75, 3.05) is 39.5 Å². The lowest BCUT2D eigenvalue weighted by Gasteiger charge is -2.40. The predicted molar refractivity (Wildman–Crippen MR) is 124 cm³/mol. The Kier molecular flexibility index (Phi) is 6.38. The zero-order chi connectivity index (χ0) is 22.7. The SMILES string of the molecule is O=C(N1CCOCC(Cc2cccc3cccnc23)C1)C1(c2cccc(F)c2)CCOCC1. The van der Waals surface area contributed by atoms with E-state index in [0.29, 0.717) is 52.4 Å². The van der Waals surface area contributed by atoms with E-state index in [0.717, 1.165) is 22.9 Å². The second kappa shape index (κ2) is 9.57. The highest BCUT2D eigenvalue weighted by Gasteiger charge is 2.44. The average molecular weight is 449 g/mol. The summed E-state index contributed by atoms with van der Waals surface area (Å²) in [6, 6.07) is 16.8. The minimum absolute atomic E-state index is 0.0583. The number of halogens is 1. The van der Waals surface area contributed by atoms with Crippen LogP contribution in [0.2, 0.25) is 0 Å². The van der Waals surface area contributed by atoms with Crippen molar-refractivity contribution in [3.05, 3.63) is 77.7 Å². The largest absolute Gasteiger partial charge is 0.381 e. The Hall–Kier alpha value is -2.83. The number of hydrogen-bond acceptors (Lipinski definition) is 4. The van der Waals surface area contributed by atoms with Crippen LogP contribution in [0, 0.1) is 11.7 Å². The summed E-state index contributed by atoms with van der Waals surface area (Å²) in [6.07, 6.45) is 3.72. The zero-order valence-corrected chi connectivity index (χ0v) is 18.7. The van der Waals surface area contributed by atoms with Crippen molar-refractivity contribution in [3.8, 4) is 0 Å². The smallest absolute Gasteiger partial charge is 0.233 e.